The van der Waals surface area contributed by atoms with Gasteiger partial charge < -0.3 is 10.0 Å². The topological polar surface area (TPSA) is 172 Å². The number of anilines is 1. The van der Waals surface area contributed by atoms with E-state index in [1.54, 1.807) is 17.0 Å². The highest BCUT2D eigenvalue weighted by Crippen LogP contribution is 2.10. The first kappa shape index (κ1) is 29.6. The highest BCUT2D eigenvalue weighted by molar-refractivity contribution is 7.90. The van der Waals surface area contributed by atoms with Crippen LogP contribution in [-0.2, 0) is 33.1 Å². The van der Waals surface area contributed by atoms with Crippen LogP contribution in [0.5, 0.6) is 0 Å². The highest BCUT2D eigenvalue weighted by atomic mass is 32.2. The van der Waals surface area contributed by atoms with Gasteiger partial charge in [-0.25, -0.2) is 35.7 Å². The number of pyridine rings is 1. The van der Waals surface area contributed by atoms with Crippen LogP contribution in [0.2, 0.25) is 0 Å². The van der Waals surface area contributed by atoms with Crippen molar-refractivity contribution in [1.82, 2.24) is 19.6 Å². The van der Waals surface area contributed by atoms with Crippen LogP contribution in [0, 0.1) is 0 Å². The Bertz CT molecular complexity index is 1420. The second-order valence-corrected chi connectivity index (χ2v) is 10.3. The average Bonchev–Trinajstić information content (AvgIpc) is 3.43. The Balaban J connectivity index is 0.000000312. The number of primary sulfonamides is 1. The van der Waals surface area contributed by atoms with Gasteiger partial charge in [0.05, 0.1) is 12.4 Å². The minimum absolute atomic E-state index is 0.409. The molecule has 0 spiro atoms. The molecule has 2 N–H and O–H groups in total. The number of hydrogen-bond acceptors (Lipinski definition) is 8. The normalized spacial score (nSPS) is 12.5. The molecule has 0 saturated carbocycles. The summed E-state index contributed by atoms with van der Waals surface area (Å²) in [6.45, 7) is -1.39. The van der Waals surface area contributed by atoms with Crippen LogP contribution in [0.25, 0.3) is 0 Å². The maximum Gasteiger partial charge on any atom is 0.388 e. The van der Waals surface area contributed by atoms with E-state index in [1.807, 2.05) is 14.1 Å². The summed E-state index contributed by atoms with van der Waals surface area (Å²) < 4.78 is 99.1. The molecule has 0 aliphatic heterocycles. The molecule has 0 atom stereocenters. The summed E-state index contributed by atoms with van der Waals surface area (Å²) in [7, 11) is -4.65. The summed E-state index contributed by atoms with van der Waals surface area (Å²) in [5, 5.41) is 22.5. The van der Waals surface area contributed by atoms with Crippen molar-refractivity contribution in [1.29, 1.82) is 0 Å². The third kappa shape index (κ3) is 9.10. The van der Waals surface area contributed by atoms with Gasteiger partial charge in [-0.3, -0.25) is 9.36 Å². The number of nitrogens with two attached hydrogens (primary N) is 1. The van der Waals surface area contributed by atoms with Crippen LogP contribution in [0.1, 0.15) is 0 Å². The molecule has 0 radical (unpaired) electrons. The van der Waals surface area contributed by atoms with Crippen molar-refractivity contribution in [2.75, 3.05) is 19.0 Å². The molecule has 37 heavy (non-hydrogen) atoms. The second-order valence-electron chi connectivity index (χ2n) is 7.29. The Morgan fingerprint density at radius 2 is 1.43 bits per heavy atom. The molecule has 3 heterocycles. The number of hydrogen-bond donors (Lipinski definition) is 1. The number of halogens is 4. The summed E-state index contributed by atoms with van der Waals surface area (Å²) in [6, 6.07) is 4.25. The lowest BCUT2D eigenvalue weighted by Crippen LogP contribution is -2.51. The summed E-state index contributed by atoms with van der Waals surface area (Å²) in [4.78, 5) is 1.80. The van der Waals surface area contributed by atoms with Crippen molar-refractivity contribution < 1.29 is 44.1 Å². The van der Waals surface area contributed by atoms with Gasteiger partial charge in [0, 0.05) is 48.7 Å². The van der Waals surface area contributed by atoms with Crippen molar-refractivity contribution in [2.45, 2.75) is 36.0 Å². The molecule has 13 nitrogen and oxygen atoms in total. The monoisotopic (exact) mass is 570 g/mol. The molecular formula is C18H22F4N8O5S2. The van der Waals surface area contributed by atoms with Crippen molar-refractivity contribution in [2.24, 2.45) is 9.54 Å². The fourth-order valence-corrected chi connectivity index (χ4v) is 3.81. The fourth-order valence-electron chi connectivity index (χ4n) is 2.50. The zero-order valence-corrected chi connectivity index (χ0v) is 20.9. The van der Waals surface area contributed by atoms with E-state index in [2.05, 4.69) is 14.6 Å². The number of nitrogens with zero attached hydrogens (tertiary/aromatic N) is 7. The molecule has 0 aliphatic carbocycles. The Morgan fingerprint density at radius 1 is 0.973 bits per heavy atom. The van der Waals surface area contributed by atoms with Crippen molar-refractivity contribution in [3.63, 3.8) is 0 Å². The first-order valence-electron chi connectivity index (χ1n) is 9.95. The van der Waals surface area contributed by atoms with Gasteiger partial charge in [0.25, 0.3) is 28.9 Å². The van der Waals surface area contributed by atoms with Gasteiger partial charge in [-0.05, 0) is 12.1 Å². The largest absolute Gasteiger partial charge is 0.806 e. The lowest BCUT2D eigenvalue weighted by Gasteiger charge is -2.12. The minimum Gasteiger partial charge on any atom is -0.806 e. The molecule has 3 aromatic rings. The number of aromatic nitrogens is 5. The summed E-state index contributed by atoms with van der Waals surface area (Å²) >= 11 is 0. The van der Waals surface area contributed by atoms with Crippen LogP contribution in [-0.4, -0.2) is 69.4 Å². The molecule has 0 saturated heterocycles. The van der Waals surface area contributed by atoms with E-state index in [0.717, 1.165) is 44.1 Å². The van der Waals surface area contributed by atoms with E-state index < -0.39 is 62.1 Å². The molecule has 19 heteroatoms. The third-order valence-corrected chi connectivity index (χ3v) is 6.13. The Labute approximate surface area is 209 Å². The van der Waals surface area contributed by atoms with Crippen molar-refractivity contribution >= 4 is 31.8 Å². The molecule has 0 aromatic carbocycles. The zero-order chi connectivity index (χ0) is 28.0. The Hall–Kier alpha value is -3.58. The molecule has 3 rings (SSSR count). The van der Waals surface area contributed by atoms with Gasteiger partial charge in [0.2, 0.25) is 5.03 Å². The molecular weight excluding hydrogens is 548 g/mol. The highest BCUT2D eigenvalue weighted by Gasteiger charge is 2.24. The predicted octanol–water partition coefficient (Wildman–Crippen LogP) is -0.749. The maximum atomic E-state index is 12.3. The third-order valence-electron chi connectivity index (χ3n) is 4.19. The first-order chi connectivity index (χ1) is 17.1. The second kappa shape index (κ2) is 12.1. The quantitative estimate of drug-likeness (QED) is 0.159. The maximum absolute atomic E-state index is 12.3. The molecule has 0 unspecified atom stereocenters. The zero-order valence-electron chi connectivity index (χ0n) is 19.3. The average molecular weight is 571 g/mol. The lowest BCUT2D eigenvalue weighted by atomic mass is 10.4. The number of alkyl halides is 4. The number of rotatable bonds is 8. The predicted molar refractivity (Wildman–Crippen MR) is 119 cm³/mol. The summed E-state index contributed by atoms with van der Waals surface area (Å²) in [5.41, 5.74) is 0.813. The lowest BCUT2D eigenvalue weighted by molar-refractivity contribution is -0.613. The standard InChI is InChI=1S/C13H15F2N5O3S.C5H7F2N3O2S/c1-18(2)10-3-6-19(7-4-10)13(21)17-24(22,23)12-5-8-20(16-12)9-11(14)15;6-4(7)3-10-2-1-5(9-10)13(8,11)12/h3-8,11H,9H2,1-2H3;1-2,4H,3H2,(H2,8,11,12). The van der Waals surface area contributed by atoms with Crippen LogP contribution in [0.4, 0.5) is 23.2 Å². The molecule has 0 amide bonds. The SMILES string of the molecule is CN(C)c1cc[n+](C([O-])=NS(=O)(=O)c2ccn(CC(F)F)n2)cc1.NS(=O)(=O)c1ccn(CC(F)F)n1. The van der Waals surface area contributed by atoms with Crippen LogP contribution >= 0.6 is 0 Å². The minimum atomic E-state index is -4.38. The smallest absolute Gasteiger partial charge is 0.388 e. The van der Waals surface area contributed by atoms with Crippen LogP contribution in [0.3, 0.4) is 0 Å². The van der Waals surface area contributed by atoms with Gasteiger partial charge in [0.15, 0.2) is 5.03 Å². The van der Waals surface area contributed by atoms with Crippen LogP contribution in [0.15, 0.2) is 63.5 Å². The molecule has 204 valence electrons. The first-order valence-corrected chi connectivity index (χ1v) is 12.9. The fraction of sp³-hybridized carbons (Fsp3) is 0.333. The Kier molecular flexibility index (Phi) is 9.70. The van der Waals surface area contributed by atoms with Gasteiger partial charge in [0.1, 0.15) is 13.1 Å². The van der Waals surface area contributed by atoms with Gasteiger partial charge in [-0.2, -0.15) is 18.6 Å². The van der Waals surface area contributed by atoms with E-state index in [0.29, 0.717) is 0 Å². The van der Waals surface area contributed by atoms with E-state index >= 15 is 0 Å². The molecule has 0 fully saturated rings. The van der Waals surface area contributed by atoms with Crippen LogP contribution < -0.4 is 19.7 Å². The van der Waals surface area contributed by atoms with E-state index in [4.69, 9.17) is 5.14 Å². The van der Waals surface area contributed by atoms with Gasteiger partial charge in [-0.15, -0.1) is 0 Å². The van der Waals surface area contributed by atoms with E-state index in [1.165, 1.54) is 12.4 Å². The summed E-state index contributed by atoms with van der Waals surface area (Å²) in [5.74, 6) is 0. The number of sulfonamides is 2. The molecule has 3 aromatic heterocycles. The van der Waals surface area contributed by atoms with Crippen molar-refractivity contribution in [3.05, 3.63) is 49.1 Å². The van der Waals surface area contributed by atoms with E-state index in [9.17, 15) is 39.5 Å². The molecule has 0 aliphatic rings. The molecule has 0 bridgehead atoms. The van der Waals surface area contributed by atoms with Gasteiger partial charge >= 0.3 is 10.0 Å². The summed E-state index contributed by atoms with van der Waals surface area (Å²) in [6.07, 6.45) is -0.305. The van der Waals surface area contributed by atoms with E-state index in [-0.39, 0.29) is 0 Å². The van der Waals surface area contributed by atoms with Gasteiger partial charge in [-0.1, -0.05) is 0 Å². The Morgan fingerprint density at radius 3 is 1.84 bits per heavy atom. The van der Waals surface area contributed by atoms with Crippen molar-refractivity contribution in [3.8, 4) is 0 Å².